The van der Waals surface area contributed by atoms with Gasteiger partial charge in [-0.05, 0) is 45.4 Å². The van der Waals surface area contributed by atoms with Crippen LogP contribution in [-0.2, 0) is 16.9 Å². The van der Waals surface area contributed by atoms with Gasteiger partial charge in [0, 0.05) is 35.9 Å². The first kappa shape index (κ1) is 24.7. The topological polar surface area (TPSA) is 84.3 Å². The normalized spacial score (nSPS) is 14.3. The average molecular weight is 500 g/mol. The molecule has 0 bridgehead atoms. The van der Waals surface area contributed by atoms with Gasteiger partial charge in [-0.3, -0.25) is 9.97 Å². The van der Waals surface area contributed by atoms with Crippen molar-refractivity contribution >= 4 is 17.3 Å². The van der Waals surface area contributed by atoms with E-state index in [1.807, 2.05) is 24.8 Å². The molecular formula is C25H24ClF2N5O2. The summed E-state index contributed by atoms with van der Waals surface area (Å²) in [5, 5.41) is 10.7. The van der Waals surface area contributed by atoms with Crippen LogP contribution in [0.3, 0.4) is 0 Å². The third kappa shape index (κ3) is 5.47. The summed E-state index contributed by atoms with van der Waals surface area (Å²) in [5.74, 6) is -0.841. The molecule has 4 heterocycles. The standard InChI is InChI=1S/C25H24ClF2N5O2/c1-14-10-30-20(19-5-6-29-24(32-19)25(3,4)34)9-22(14)33-12-17(26)23(7-15(33)2)35-13-21-18(28)8-16(27)11-31-21/h5-11,34H,12-13H2,1-4H3. The number of hydrogen-bond acceptors (Lipinski definition) is 7. The SMILES string of the molecule is CC1=CC(OCc2ncc(F)cc2F)=C(Cl)CN1c1cc(-c2ccnc(C(C)(C)O)n2)ncc1C. The lowest BCUT2D eigenvalue weighted by atomic mass is 10.1. The Kier molecular flexibility index (Phi) is 6.82. The number of aromatic nitrogens is 4. The summed E-state index contributed by atoms with van der Waals surface area (Å²) in [7, 11) is 0. The second-order valence-corrected chi connectivity index (χ2v) is 9.15. The number of ether oxygens (including phenoxy) is 1. The maximum Gasteiger partial charge on any atom is 0.160 e. The molecule has 0 saturated carbocycles. The highest BCUT2D eigenvalue weighted by Crippen LogP contribution is 2.33. The van der Waals surface area contributed by atoms with Gasteiger partial charge >= 0.3 is 0 Å². The lowest BCUT2D eigenvalue weighted by molar-refractivity contribution is 0.0688. The van der Waals surface area contributed by atoms with Crippen LogP contribution in [0.1, 0.15) is 37.9 Å². The summed E-state index contributed by atoms with van der Waals surface area (Å²) >= 11 is 6.53. The molecule has 1 aliphatic heterocycles. The second kappa shape index (κ2) is 9.67. The van der Waals surface area contributed by atoms with E-state index in [-0.39, 0.29) is 12.3 Å². The first-order valence-electron chi connectivity index (χ1n) is 10.8. The van der Waals surface area contributed by atoms with Crippen molar-refractivity contribution in [1.82, 2.24) is 19.9 Å². The van der Waals surface area contributed by atoms with E-state index in [9.17, 15) is 13.9 Å². The molecule has 0 amide bonds. The van der Waals surface area contributed by atoms with Gasteiger partial charge in [0.1, 0.15) is 29.5 Å². The van der Waals surface area contributed by atoms with E-state index in [0.29, 0.717) is 34.5 Å². The molecule has 0 radical (unpaired) electrons. The Morgan fingerprint density at radius 2 is 1.89 bits per heavy atom. The highest BCUT2D eigenvalue weighted by Gasteiger charge is 2.23. The van der Waals surface area contributed by atoms with Gasteiger partial charge in [-0.25, -0.2) is 18.7 Å². The summed E-state index contributed by atoms with van der Waals surface area (Å²) < 4.78 is 32.7. The number of anilines is 1. The molecule has 0 unspecified atom stereocenters. The molecule has 0 saturated heterocycles. The molecule has 7 nitrogen and oxygen atoms in total. The Morgan fingerprint density at radius 3 is 2.60 bits per heavy atom. The molecule has 0 atom stereocenters. The number of aryl methyl sites for hydroxylation is 1. The van der Waals surface area contributed by atoms with Crippen LogP contribution < -0.4 is 4.90 Å². The molecule has 0 aliphatic carbocycles. The van der Waals surface area contributed by atoms with E-state index >= 15 is 0 Å². The molecule has 35 heavy (non-hydrogen) atoms. The van der Waals surface area contributed by atoms with Crippen molar-refractivity contribution in [2.45, 2.75) is 39.9 Å². The number of aliphatic hydroxyl groups is 1. The minimum absolute atomic E-state index is 0.0123. The van der Waals surface area contributed by atoms with Crippen LogP contribution in [0, 0.1) is 18.6 Å². The average Bonchev–Trinajstić information content (AvgIpc) is 2.80. The van der Waals surface area contributed by atoms with Gasteiger partial charge in [0.05, 0.1) is 29.2 Å². The zero-order chi connectivity index (χ0) is 25.3. The van der Waals surface area contributed by atoms with Crippen LogP contribution in [0.4, 0.5) is 14.5 Å². The van der Waals surface area contributed by atoms with Gasteiger partial charge in [-0.1, -0.05) is 11.6 Å². The maximum atomic E-state index is 13.9. The monoisotopic (exact) mass is 499 g/mol. The van der Waals surface area contributed by atoms with Crippen molar-refractivity contribution < 1.29 is 18.6 Å². The van der Waals surface area contributed by atoms with Crippen LogP contribution in [0.15, 0.2) is 59.4 Å². The summed E-state index contributed by atoms with van der Waals surface area (Å²) in [6.45, 7) is 7.22. The predicted octanol–water partition coefficient (Wildman–Crippen LogP) is 5.14. The van der Waals surface area contributed by atoms with Crippen LogP contribution in [0.5, 0.6) is 0 Å². The first-order valence-corrected chi connectivity index (χ1v) is 11.2. The Hall–Kier alpha value is -3.43. The number of halogens is 3. The quantitative estimate of drug-likeness (QED) is 0.502. The minimum Gasteiger partial charge on any atom is -0.486 e. The van der Waals surface area contributed by atoms with E-state index < -0.39 is 17.2 Å². The highest BCUT2D eigenvalue weighted by molar-refractivity contribution is 6.30. The Labute approximate surface area is 206 Å². The molecule has 0 spiro atoms. The fourth-order valence-corrected chi connectivity index (χ4v) is 3.75. The summed E-state index contributed by atoms with van der Waals surface area (Å²) in [6, 6.07) is 4.39. The predicted molar refractivity (Wildman–Crippen MR) is 128 cm³/mol. The van der Waals surface area contributed by atoms with Crippen LogP contribution in [-0.4, -0.2) is 31.6 Å². The number of pyridine rings is 2. The van der Waals surface area contributed by atoms with Crippen molar-refractivity contribution in [3.05, 3.63) is 88.1 Å². The molecule has 0 fully saturated rings. The zero-order valence-electron chi connectivity index (χ0n) is 19.7. The maximum absolute atomic E-state index is 13.9. The Balaban J connectivity index is 1.58. The third-order valence-corrected chi connectivity index (χ3v) is 5.71. The molecule has 10 heteroatoms. The van der Waals surface area contributed by atoms with E-state index in [2.05, 4.69) is 19.9 Å². The molecule has 1 N–H and O–H groups in total. The van der Waals surface area contributed by atoms with E-state index in [1.165, 1.54) is 0 Å². The largest absolute Gasteiger partial charge is 0.486 e. The van der Waals surface area contributed by atoms with Crippen LogP contribution >= 0.6 is 11.6 Å². The number of hydrogen-bond donors (Lipinski definition) is 1. The molecule has 1 aliphatic rings. The van der Waals surface area contributed by atoms with Gasteiger partial charge < -0.3 is 14.7 Å². The van der Waals surface area contributed by atoms with Crippen molar-refractivity contribution in [1.29, 1.82) is 0 Å². The van der Waals surface area contributed by atoms with Crippen molar-refractivity contribution in [2.75, 3.05) is 11.4 Å². The van der Waals surface area contributed by atoms with E-state index in [1.54, 1.807) is 38.4 Å². The van der Waals surface area contributed by atoms with Crippen LogP contribution in [0.2, 0.25) is 0 Å². The van der Waals surface area contributed by atoms with E-state index in [4.69, 9.17) is 16.3 Å². The summed E-state index contributed by atoms with van der Waals surface area (Å²) in [5.41, 5.74) is 2.64. The Morgan fingerprint density at radius 1 is 1.11 bits per heavy atom. The first-order chi connectivity index (χ1) is 16.5. The second-order valence-electron chi connectivity index (χ2n) is 8.69. The fraction of sp³-hybridized carbons (Fsp3) is 0.280. The van der Waals surface area contributed by atoms with Crippen molar-refractivity contribution in [2.24, 2.45) is 0 Å². The number of nitrogens with zero attached hydrogens (tertiary/aromatic N) is 5. The van der Waals surface area contributed by atoms with Gasteiger partial charge in [-0.2, -0.15) is 0 Å². The lowest BCUT2D eigenvalue weighted by Crippen LogP contribution is -2.27. The zero-order valence-corrected chi connectivity index (χ0v) is 20.4. The fourth-order valence-electron chi connectivity index (χ4n) is 3.52. The number of allylic oxidation sites excluding steroid dienone is 2. The molecule has 3 aromatic heterocycles. The summed E-state index contributed by atoms with van der Waals surface area (Å²) in [4.78, 5) is 18.9. The molecule has 0 aromatic carbocycles. The van der Waals surface area contributed by atoms with Gasteiger partial charge in [-0.15, -0.1) is 0 Å². The van der Waals surface area contributed by atoms with E-state index in [0.717, 1.165) is 29.2 Å². The molecule has 182 valence electrons. The molecular weight excluding hydrogens is 476 g/mol. The van der Waals surface area contributed by atoms with Crippen LogP contribution in [0.25, 0.3) is 11.4 Å². The smallest absolute Gasteiger partial charge is 0.160 e. The van der Waals surface area contributed by atoms with Crippen molar-refractivity contribution in [3.8, 4) is 11.4 Å². The van der Waals surface area contributed by atoms with Crippen molar-refractivity contribution in [3.63, 3.8) is 0 Å². The van der Waals surface area contributed by atoms with Gasteiger partial charge in [0.15, 0.2) is 11.6 Å². The third-order valence-electron chi connectivity index (χ3n) is 5.41. The summed E-state index contributed by atoms with van der Waals surface area (Å²) in [6.07, 6.45) is 6.03. The molecule has 3 aromatic rings. The van der Waals surface area contributed by atoms with Gasteiger partial charge in [0.2, 0.25) is 0 Å². The Bertz CT molecular complexity index is 1340. The minimum atomic E-state index is -1.18. The lowest BCUT2D eigenvalue weighted by Gasteiger charge is -2.31. The molecule has 4 rings (SSSR count). The van der Waals surface area contributed by atoms with Gasteiger partial charge in [0.25, 0.3) is 0 Å². The highest BCUT2D eigenvalue weighted by atomic mass is 35.5. The number of rotatable bonds is 6.